The summed E-state index contributed by atoms with van der Waals surface area (Å²) in [5, 5.41) is 32.2. The molecule has 0 unspecified atom stereocenters. The van der Waals surface area contributed by atoms with Gasteiger partial charge in [0.1, 0.15) is 12.2 Å². The third-order valence-electron chi connectivity index (χ3n) is 9.60. The average Bonchev–Trinajstić information content (AvgIpc) is 2.98. The largest absolute Gasteiger partial charge is 0.416 e. The van der Waals surface area contributed by atoms with Crippen LogP contribution in [-0.2, 0) is 28.0 Å². The van der Waals surface area contributed by atoms with Crippen molar-refractivity contribution < 1.29 is 38.2 Å². The molecule has 0 saturated carbocycles. The van der Waals surface area contributed by atoms with Crippen LogP contribution in [0, 0.1) is 10.8 Å². The number of amides is 4. The molecule has 0 aromatic carbocycles. The Morgan fingerprint density at radius 2 is 0.860 bits per heavy atom. The Bertz CT molecular complexity index is 1010. The zero-order chi connectivity index (χ0) is 39.2. The van der Waals surface area contributed by atoms with Gasteiger partial charge in [0.05, 0.1) is 0 Å². The summed E-state index contributed by atoms with van der Waals surface area (Å²) >= 11 is 0. The first-order valence-electron chi connectivity index (χ1n) is 17.5. The van der Waals surface area contributed by atoms with E-state index in [-0.39, 0.29) is 61.0 Å². The van der Waals surface area contributed by atoms with Gasteiger partial charge in [-0.3, -0.25) is 19.2 Å². The van der Waals surface area contributed by atoms with E-state index < -0.39 is 51.5 Å². The molecule has 0 aliphatic rings. The first-order chi connectivity index (χ1) is 22.6. The van der Waals surface area contributed by atoms with E-state index >= 15 is 0 Å². The van der Waals surface area contributed by atoms with E-state index in [9.17, 15) is 29.4 Å². The summed E-state index contributed by atoms with van der Waals surface area (Å²) in [5.41, 5.74) is -1.56. The molecule has 0 saturated heterocycles. The number of rotatable bonds is 23. The molecule has 4 amide bonds. The van der Waals surface area contributed by atoms with Gasteiger partial charge in [-0.1, -0.05) is 90.8 Å². The predicted molar refractivity (Wildman–Crippen MR) is 212 cm³/mol. The van der Waals surface area contributed by atoms with Crippen LogP contribution in [0.25, 0.3) is 0 Å². The lowest BCUT2D eigenvalue weighted by Gasteiger charge is -2.40. The van der Waals surface area contributed by atoms with E-state index in [1.807, 2.05) is 0 Å². The van der Waals surface area contributed by atoms with Crippen molar-refractivity contribution in [3.8, 4) is 0 Å². The molecule has 0 bridgehead atoms. The number of aliphatic hydroxyl groups is 2. The number of carbonyl (C=O) groups excluding carboxylic acids is 4. The molecule has 0 heterocycles. The lowest BCUT2D eigenvalue weighted by molar-refractivity contribution is -0.137. The summed E-state index contributed by atoms with van der Waals surface area (Å²) in [5.74, 6) is -0.0903. The summed E-state index contributed by atoms with van der Waals surface area (Å²) in [6.07, 6.45) is -2.31. The first-order valence-corrected chi connectivity index (χ1v) is 25.9. The third-order valence-corrected chi connectivity index (χ3v) is 21.0. The average molecular weight is 783 g/mol. The maximum Gasteiger partial charge on any atom is 0.249 e. The summed E-state index contributed by atoms with van der Waals surface area (Å²) in [6.45, 7) is 30.2. The van der Waals surface area contributed by atoms with E-state index in [0.717, 1.165) is 0 Å². The van der Waals surface area contributed by atoms with Crippen molar-refractivity contribution in [2.75, 3.05) is 50.9 Å². The second-order valence-corrected chi connectivity index (χ2v) is 29.6. The molecule has 0 aromatic heterocycles. The van der Waals surface area contributed by atoms with Gasteiger partial charge in [-0.05, 0) is 36.3 Å². The molecule has 0 aliphatic carbocycles. The minimum absolute atomic E-state index is 0.0217. The lowest BCUT2D eigenvalue weighted by atomic mass is 9.87. The normalized spacial score (nSPS) is 14.5. The van der Waals surface area contributed by atoms with Crippen LogP contribution < -0.4 is 21.3 Å². The molecular formula is C34H70N4O8S2Si2. The van der Waals surface area contributed by atoms with Crippen LogP contribution in [0.15, 0.2) is 0 Å². The highest BCUT2D eigenvalue weighted by atomic mass is 33.1. The fourth-order valence-corrected chi connectivity index (χ4v) is 7.73. The van der Waals surface area contributed by atoms with Crippen LogP contribution >= 0.6 is 21.6 Å². The van der Waals surface area contributed by atoms with Crippen molar-refractivity contribution in [3.05, 3.63) is 0 Å². The number of hydrogen-bond acceptors (Lipinski definition) is 10. The van der Waals surface area contributed by atoms with Gasteiger partial charge in [-0.2, -0.15) is 0 Å². The van der Waals surface area contributed by atoms with Crippen LogP contribution in [0.4, 0.5) is 0 Å². The summed E-state index contributed by atoms with van der Waals surface area (Å²) in [7, 11) is -0.913. The van der Waals surface area contributed by atoms with Gasteiger partial charge in [0.2, 0.25) is 23.6 Å². The van der Waals surface area contributed by atoms with Crippen molar-refractivity contribution in [1.82, 2.24) is 21.3 Å². The Balaban J connectivity index is 4.11. The van der Waals surface area contributed by atoms with Gasteiger partial charge in [0.25, 0.3) is 0 Å². The number of nitrogens with one attached hydrogen (secondary N) is 4. The minimum Gasteiger partial charge on any atom is -0.416 e. The standard InChI is InChI=1S/C34H70N4O8S2Si2/c1-31(2,3)49(11,12)45-23-33(7,8)27(41)29(43)37-17-15-25(39)35-19-21-47-48-22-20-36-26(40)16-18-38-30(44)28(42)34(9,10)24-46-50(13,14)32(4,5)6/h27-28,41-42H,15-24H2,1-14H3,(H,35,39)(H,36,40)(H,37,43)(H,38,44)/t27-,28-/m0/s1. The summed E-state index contributed by atoms with van der Waals surface area (Å²) in [4.78, 5) is 49.4. The zero-order valence-corrected chi connectivity index (χ0v) is 37.0. The smallest absolute Gasteiger partial charge is 0.249 e. The molecule has 0 fully saturated rings. The van der Waals surface area contributed by atoms with Gasteiger partial charge in [-0.25, -0.2) is 0 Å². The van der Waals surface area contributed by atoms with Crippen molar-refractivity contribution in [1.29, 1.82) is 0 Å². The number of carbonyl (C=O) groups is 4. The van der Waals surface area contributed by atoms with Crippen LogP contribution in [-0.4, -0.2) is 114 Å². The monoisotopic (exact) mass is 782 g/mol. The van der Waals surface area contributed by atoms with Crippen LogP contribution in [0.2, 0.25) is 36.3 Å². The quantitative estimate of drug-likeness (QED) is 0.0495. The lowest BCUT2D eigenvalue weighted by Crippen LogP contribution is -2.50. The molecule has 0 aromatic rings. The van der Waals surface area contributed by atoms with Gasteiger partial charge >= 0.3 is 0 Å². The van der Waals surface area contributed by atoms with Crippen molar-refractivity contribution in [2.45, 2.75) is 131 Å². The Hall–Kier alpha value is -1.15. The highest BCUT2D eigenvalue weighted by Crippen LogP contribution is 2.39. The molecule has 12 nitrogen and oxygen atoms in total. The van der Waals surface area contributed by atoms with Gasteiger partial charge < -0.3 is 40.3 Å². The van der Waals surface area contributed by atoms with Crippen molar-refractivity contribution >= 4 is 61.9 Å². The Morgan fingerprint density at radius 3 is 1.14 bits per heavy atom. The molecule has 6 N–H and O–H groups in total. The van der Waals surface area contributed by atoms with Gasteiger partial charge in [-0.15, -0.1) is 0 Å². The van der Waals surface area contributed by atoms with E-state index in [1.54, 1.807) is 49.3 Å². The second-order valence-electron chi connectivity index (χ2n) is 17.3. The molecule has 294 valence electrons. The Morgan fingerprint density at radius 1 is 0.560 bits per heavy atom. The highest BCUT2D eigenvalue weighted by Gasteiger charge is 2.42. The fourth-order valence-electron chi connectivity index (χ4n) is 3.58. The Kier molecular flexibility index (Phi) is 20.4. The molecule has 16 heteroatoms. The van der Waals surface area contributed by atoms with E-state index in [1.165, 1.54) is 0 Å². The topological polar surface area (TPSA) is 175 Å². The van der Waals surface area contributed by atoms with Crippen LogP contribution in [0.5, 0.6) is 0 Å². The van der Waals surface area contributed by atoms with Gasteiger partial charge in [0.15, 0.2) is 16.6 Å². The predicted octanol–water partition coefficient (Wildman–Crippen LogP) is 4.43. The first kappa shape index (κ1) is 48.9. The van der Waals surface area contributed by atoms with Crippen LogP contribution in [0.1, 0.15) is 82.1 Å². The summed E-state index contributed by atoms with van der Waals surface area (Å²) < 4.78 is 12.4. The maximum atomic E-state index is 12.5. The summed E-state index contributed by atoms with van der Waals surface area (Å²) in [6, 6.07) is 0. The zero-order valence-electron chi connectivity index (χ0n) is 33.4. The molecule has 50 heavy (non-hydrogen) atoms. The van der Waals surface area contributed by atoms with Crippen molar-refractivity contribution in [2.24, 2.45) is 10.8 Å². The Labute approximate surface area is 312 Å². The highest BCUT2D eigenvalue weighted by molar-refractivity contribution is 8.76. The number of hydrogen-bond donors (Lipinski definition) is 6. The maximum absolute atomic E-state index is 12.5. The molecule has 0 aliphatic heterocycles. The molecular weight excluding hydrogens is 713 g/mol. The van der Waals surface area contributed by atoms with E-state index in [4.69, 9.17) is 8.85 Å². The van der Waals surface area contributed by atoms with E-state index in [2.05, 4.69) is 89.0 Å². The van der Waals surface area contributed by atoms with Crippen LogP contribution in [0.3, 0.4) is 0 Å². The molecule has 0 spiro atoms. The molecule has 0 rings (SSSR count). The number of aliphatic hydroxyl groups excluding tert-OH is 2. The fraction of sp³-hybridized carbons (Fsp3) is 0.882. The molecule has 2 atom stereocenters. The molecule has 0 radical (unpaired) electrons. The second kappa shape index (κ2) is 20.9. The minimum atomic E-state index is -2.03. The van der Waals surface area contributed by atoms with E-state index in [0.29, 0.717) is 24.6 Å². The SMILES string of the molecule is CC(C)(CO[Si](C)(C)C(C)(C)C)[C@@H](O)C(=O)NCCC(=O)NCCSSCCNC(=O)CCNC(=O)[C@H](O)C(C)(C)CO[Si](C)(C)C(C)(C)C. The third kappa shape index (κ3) is 18.1. The van der Waals surface area contributed by atoms with Crippen molar-refractivity contribution in [3.63, 3.8) is 0 Å². The van der Waals surface area contributed by atoms with Gasteiger partial charge in [0, 0.05) is 74.6 Å².